The number of urea groups is 1. The summed E-state index contributed by atoms with van der Waals surface area (Å²) in [4.78, 5) is 33.4. The lowest BCUT2D eigenvalue weighted by atomic mass is 10.2. The third-order valence-electron chi connectivity index (χ3n) is 5.80. The van der Waals surface area contributed by atoms with Crippen molar-refractivity contribution in [3.63, 3.8) is 0 Å². The Kier molecular flexibility index (Phi) is 7.16. The second kappa shape index (κ2) is 10.4. The van der Waals surface area contributed by atoms with E-state index in [0.29, 0.717) is 49.7 Å². The molecule has 3 amide bonds. The molecule has 170 valence electrons. The number of piperazine rings is 1. The van der Waals surface area contributed by atoms with Crippen molar-refractivity contribution < 1.29 is 18.7 Å². The first-order valence-electron chi connectivity index (χ1n) is 11.0. The summed E-state index contributed by atoms with van der Waals surface area (Å²) in [5.74, 6) is 0.107. The summed E-state index contributed by atoms with van der Waals surface area (Å²) < 4.78 is 19.3. The molecular weight excluding hydrogens is 413 g/mol. The average molecular weight is 442 g/mol. The molecule has 0 radical (unpaired) electrons. The molecule has 2 fully saturated rings. The SMILES string of the molecule is O=C(NCC1CCCO1)c1cccnc1N1CCN(C(=O)NCc2ccccc2F)CC1. The summed E-state index contributed by atoms with van der Waals surface area (Å²) in [5, 5.41) is 5.72. The van der Waals surface area contributed by atoms with E-state index in [9.17, 15) is 14.0 Å². The number of nitrogens with zero attached hydrogens (tertiary/aromatic N) is 3. The van der Waals surface area contributed by atoms with Crippen LogP contribution in [0, 0.1) is 5.82 Å². The number of ether oxygens (including phenoxy) is 1. The number of carbonyl (C=O) groups is 2. The number of rotatable bonds is 6. The summed E-state index contributed by atoms with van der Waals surface area (Å²) in [6.07, 6.45) is 3.72. The van der Waals surface area contributed by atoms with Crippen molar-refractivity contribution >= 4 is 17.8 Å². The van der Waals surface area contributed by atoms with Crippen molar-refractivity contribution in [2.24, 2.45) is 0 Å². The number of amides is 3. The van der Waals surface area contributed by atoms with E-state index in [-0.39, 0.29) is 30.4 Å². The fraction of sp³-hybridized carbons (Fsp3) is 0.435. The van der Waals surface area contributed by atoms with Gasteiger partial charge in [-0.3, -0.25) is 4.79 Å². The lowest BCUT2D eigenvalue weighted by molar-refractivity contribution is 0.0857. The van der Waals surface area contributed by atoms with Crippen LogP contribution in [0.5, 0.6) is 0 Å². The molecule has 0 bridgehead atoms. The Morgan fingerprint density at radius 1 is 1.09 bits per heavy atom. The Hall–Kier alpha value is -3.20. The Labute approximate surface area is 186 Å². The molecule has 2 aromatic rings. The minimum Gasteiger partial charge on any atom is -0.376 e. The molecule has 32 heavy (non-hydrogen) atoms. The molecule has 1 atom stereocenters. The predicted molar refractivity (Wildman–Crippen MR) is 118 cm³/mol. The summed E-state index contributed by atoms with van der Waals surface area (Å²) >= 11 is 0. The average Bonchev–Trinajstić information content (AvgIpc) is 3.36. The van der Waals surface area contributed by atoms with Crippen LogP contribution in [0.1, 0.15) is 28.8 Å². The topological polar surface area (TPSA) is 86.8 Å². The van der Waals surface area contributed by atoms with E-state index in [1.807, 2.05) is 4.90 Å². The molecular formula is C23H28FN5O3. The molecule has 1 aromatic heterocycles. The number of benzene rings is 1. The maximum Gasteiger partial charge on any atom is 0.317 e. The molecule has 0 aliphatic carbocycles. The normalized spacial score (nSPS) is 18.5. The van der Waals surface area contributed by atoms with Crippen LogP contribution in [0.4, 0.5) is 15.0 Å². The van der Waals surface area contributed by atoms with E-state index in [4.69, 9.17) is 4.74 Å². The number of pyridine rings is 1. The Balaban J connectivity index is 1.30. The lowest BCUT2D eigenvalue weighted by Gasteiger charge is -2.36. The predicted octanol–water partition coefficient (Wildman–Crippen LogP) is 2.16. The highest BCUT2D eigenvalue weighted by Gasteiger charge is 2.25. The summed E-state index contributed by atoms with van der Waals surface area (Å²) in [7, 11) is 0. The van der Waals surface area contributed by atoms with Crippen molar-refractivity contribution in [2.75, 3.05) is 44.2 Å². The van der Waals surface area contributed by atoms with E-state index < -0.39 is 0 Å². The van der Waals surface area contributed by atoms with Crippen molar-refractivity contribution in [3.05, 3.63) is 59.5 Å². The van der Waals surface area contributed by atoms with Gasteiger partial charge in [0.15, 0.2) is 0 Å². The van der Waals surface area contributed by atoms with Crippen molar-refractivity contribution in [3.8, 4) is 0 Å². The van der Waals surface area contributed by atoms with Gasteiger partial charge in [-0.1, -0.05) is 18.2 Å². The smallest absolute Gasteiger partial charge is 0.317 e. The van der Waals surface area contributed by atoms with Gasteiger partial charge in [0.25, 0.3) is 5.91 Å². The maximum absolute atomic E-state index is 13.7. The van der Waals surface area contributed by atoms with Crippen molar-refractivity contribution in [1.82, 2.24) is 20.5 Å². The lowest BCUT2D eigenvalue weighted by Crippen LogP contribution is -2.52. The van der Waals surface area contributed by atoms with Crippen LogP contribution in [-0.2, 0) is 11.3 Å². The highest BCUT2D eigenvalue weighted by Crippen LogP contribution is 2.20. The van der Waals surface area contributed by atoms with Crippen LogP contribution in [0.25, 0.3) is 0 Å². The fourth-order valence-corrected chi connectivity index (χ4v) is 3.98. The largest absolute Gasteiger partial charge is 0.376 e. The van der Waals surface area contributed by atoms with Crippen LogP contribution >= 0.6 is 0 Å². The van der Waals surface area contributed by atoms with Gasteiger partial charge in [-0.15, -0.1) is 0 Å². The van der Waals surface area contributed by atoms with Crippen LogP contribution in [0.15, 0.2) is 42.6 Å². The molecule has 9 heteroatoms. The van der Waals surface area contributed by atoms with E-state index in [1.165, 1.54) is 6.07 Å². The van der Waals surface area contributed by atoms with Crippen molar-refractivity contribution in [2.45, 2.75) is 25.5 Å². The van der Waals surface area contributed by atoms with E-state index in [1.54, 1.807) is 41.4 Å². The second-order valence-corrected chi connectivity index (χ2v) is 7.94. The molecule has 2 aliphatic rings. The van der Waals surface area contributed by atoms with E-state index in [2.05, 4.69) is 15.6 Å². The first kappa shape index (κ1) is 22.0. The van der Waals surface area contributed by atoms with Gasteiger partial charge in [0, 0.05) is 57.6 Å². The van der Waals surface area contributed by atoms with Gasteiger partial charge in [0.2, 0.25) is 0 Å². The second-order valence-electron chi connectivity index (χ2n) is 7.94. The zero-order chi connectivity index (χ0) is 22.3. The molecule has 8 nitrogen and oxygen atoms in total. The third-order valence-corrected chi connectivity index (χ3v) is 5.80. The summed E-state index contributed by atoms with van der Waals surface area (Å²) in [6, 6.07) is 9.67. The maximum atomic E-state index is 13.7. The third kappa shape index (κ3) is 5.34. The molecule has 4 rings (SSSR count). The van der Waals surface area contributed by atoms with Gasteiger partial charge in [0.1, 0.15) is 11.6 Å². The Bertz CT molecular complexity index is 943. The molecule has 3 heterocycles. The van der Waals surface area contributed by atoms with Crippen LogP contribution in [0.3, 0.4) is 0 Å². The minimum absolute atomic E-state index is 0.0745. The number of hydrogen-bond donors (Lipinski definition) is 2. The van der Waals surface area contributed by atoms with Gasteiger partial charge in [0.05, 0.1) is 11.7 Å². The van der Waals surface area contributed by atoms with Gasteiger partial charge in [-0.2, -0.15) is 0 Å². The highest BCUT2D eigenvalue weighted by atomic mass is 19.1. The standard InChI is InChI=1S/C23H28FN5O3/c24-20-8-2-1-5-17(20)15-27-23(31)29-12-10-28(11-13-29)21-19(7-3-9-25-21)22(30)26-16-18-6-4-14-32-18/h1-3,5,7-9,18H,4,6,10-16H2,(H,26,30)(H,27,31). The van der Waals surface area contributed by atoms with Gasteiger partial charge < -0.3 is 25.2 Å². The fourth-order valence-electron chi connectivity index (χ4n) is 3.98. The first-order valence-corrected chi connectivity index (χ1v) is 11.0. The number of hydrogen-bond acceptors (Lipinski definition) is 5. The van der Waals surface area contributed by atoms with E-state index >= 15 is 0 Å². The minimum atomic E-state index is -0.335. The van der Waals surface area contributed by atoms with Gasteiger partial charge in [-0.25, -0.2) is 14.2 Å². The summed E-state index contributed by atoms with van der Waals surface area (Å²) in [6.45, 7) is 3.44. The number of carbonyl (C=O) groups excluding carboxylic acids is 2. The van der Waals surface area contributed by atoms with Crippen molar-refractivity contribution in [1.29, 1.82) is 0 Å². The summed E-state index contributed by atoms with van der Waals surface area (Å²) in [5.41, 5.74) is 0.967. The van der Waals surface area contributed by atoms with Gasteiger partial charge >= 0.3 is 6.03 Å². The number of aromatic nitrogens is 1. The van der Waals surface area contributed by atoms with Crippen LogP contribution < -0.4 is 15.5 Å². The zero-order valence-corrected chi connectivity index (χ0v) is 17.9. The molecule has 1 aromatic carbocycles. The molecule has 2 N–H and O–H groups in total. The highest BCUT2D eigenvalue weighted by molar-refractivity contribution is 5.99. The molecule has 0 saturated carbocycles. The Morgan fingerprint density at radius 3 is 2.66 bits per heavy atom. The molecule has 2 saturated heterocycles. The zero-order valence-electron chi connectivity index (χ0n) is 17.9. The Morgan fingerprint density at radius 2 is 1.91 bits per heavy atom. The molecule has 0 spiro atoms. The number of anilines is 1. The first-order chi connectivity index (χ1) is 15.6. The number of halogens is 1. The monoisotopic (exact) mass is 441 g/mol. The van der Waals surface area contributed by atoms with Crippen LogP contribution in [-0.4, -0.2) is 67.3 Å². The molecule has 2 aliphatic heterocycles. The van der Waals surface area contributed by atoms with E-state index in [0.717, 1.165) is 19.4 Å². The van der Waals surface area contributed by atoms with Crippen LogP contribution in [0.2, 0.25) is 0 Å². The molecule has 1 unspecified atom stereocenters. The number of nitrogens with one attached hydrogen (secondary N) is 2. The quantitative estimate of drug-likeness (QED) is 0.718. The van der Waals surface area contributed by atoms with Gasteiger partial charge in [-0.05, 0) is 31.0 Å².